The van der Waals surface area contributed by atoms with Crippen LogP contribution in [0.3, 0.4) is 0 Å². The van der Waals surface area contributed by atoms with E-state index >= 15 is 0 Å². The number of halogens is 3. The molecule has 0 amide bonds. The van der Waals surface area contributed by atoms with Crippen molar-refractivity contribution in [1.82, 2.24) is 4.90 Å². The zero-order valence-corrected chi connectivity index (χ0v) is 8.22. The first kappa shape index (κ1) is 13.7. The molecule has 0 heterocycles. The van der Waals surface area contributed by atoms with E-state index in [1.807, 2.05) is 0 Å². The predicted octanol–water partition coefficient (Wildman–Crippen LogP) is 0.438. The van der Waals surface area contributed by atoms with Gasteiger partial charge in [-0.2, -0.15) is 13.2 Å². The molecule has 0 spiro atoms. The highest BCUT2D eigenvalue weighted by atomic mass is 19.4. The summed E-state index contributed by atoms with van der Waals surface area (Å²) in [6.45, 7) is 1.16. The molecule has 0 bridgehead atoms. The maximum Gasteiger partial charge on any atom is 0.401 e. The van der Waals surface area contributed by atoms with Crippen molar-refractivity contribution in [3.05, 3.63) is 0 Å². The fourth-order valence-corrected chi connectivity index (χ4v) is 1.15. The average molecular weight is 214 g/mol. The lowest BCUT2D eigenvalue weighted by Gasteiger charge is -2.25. The second kappa shape index (κ2) is 6.21. The van der Waals surface area contributed by atoms with Gasteiger partial charge >= 0.3 is 6.18 Å². The Morgan fingerprint density at radius 3 is 2.36 bits per heavy atom. The molecule has 0 rings (SSSR count). The molecule has 86 valence electrons. The van der Waals surface area contributed by atoms with Gasteiger partial charge in [0.25, 0.3) is 0 Å². The Balaban J connectivity index is 4.01. The summed E-state index contributed by atoms with van der Waals surface area (Å²) in [5.41, 5.74) is 5.31. The van der Waals surface area contributed by atoms with Crippen molar-refractivity contribution < 1.29 is 18.3 Å². The quantitative estimate of drug-likeness (QED) is 0.674. The maximum absolute atomic E-state index is 12.0. The smallest absolute Gasteiger partial charge is 0.395 e. The van der Waals surface area contributed by atoms with E-state index in [0.29, 0.717) is 6.54 Å². The van der Waals surface area contributed by atoms with Gasteiger partial charge in [-0.25, -0.2) is 0 Å². The number of hydrogen-bond donors (Lipinski definition) is 2. The molecule has 0 saturated heterocycles. The third kappa shape index (κ3) is 7.11. The lowest BCUT2D eigenvalue weighted by atomic mass is 10.1. The molecule has 0 aliphatic carbocycles. The van der Waals surface area contributed by atoms with Gasteiger partial charge in [0.15, 0.2) is 0 Å². The van der Waals surface area contributed by atoms with E-state index in [4.69, 9.17) is 10.8 Å². The molecule has 0 aromatic rings. The number of alkyl halides is 3. The lowest BCUT2D eigenvalue weighted by Crippen LogP contribution is -2.40. The molecular formula is C8H17F3N2O. The third-order valence-electron chi connectivity index (χ3n) is 1.79. The minimum Gasteiger partial charge on any atom is -0.395 e. The summed E-state index contributed by atoms with van der Waals surface area (Å²) in [6, 6.07) is 0. The number of nitrogens with zero attached hydrogens (tertiary/aromatic N) is 1. The van der Waals surface area contributed by atoms with Gasteiger partial charge in [-0.15, -0.1) is 0 Å². The molecule has 3 N–H and O–H groups in total. The highest BCUT2D eigenvalue weighted by Crippen LogP contribution is 2.16. The van der Waals surface area contributed by atoms with Crippen LogP contribution in [0, 0.1) is 5.92 Å². The van der Waals surface area contributed by atoms with Gasteiger partial charge in [0, 0.05) is 13.1 Å². The van der Waals surface area contributed by atoms with Crippen LogP contribution in [0.4, 0.5) is 13.2 Å². The monoisotopic (exact) mass is 214 g/mol. The summed E-state index contributed by atoms with van der Waals surface area (Å²) in [6.07, 6.45) is -4.22. The summed E-state index contributed by atoms with van der Waals surface area (Å²) in [4.78, 5) is 1.16. The molecule has 0 radical (unpaired) electrons. The Kier molecular flexibility index (Phi) is 6.06. The van der Waals surface area contributed by atoms with Crippen molar-refractivity contribution >= 4 is 0 Å². The van der Waals surface area contributed by atoms with E-state index < -0.39 is 12.7 Å². The Labute approximate surface area is 81.7 Å². The summed E-state index contributed by atoms with van der Waals surface area (Å²) in [5, 5.41) is 8.58. The zero-order chi connectivity index (χ0) is 11.2. The van der Waals surface area contributed by atoms with Crippen LogP contribution in [-0.2, 0) is 0 Å². The standard InChI is InChI=1S/C8H17F3N2O/c1-7(4-12)5-13(2-3-14)6-8(9,10)11/h7,14H,2-6,12H2,1H3. The number of aliphatic hydroxyl groups is 1. The largest absolute Gasteiger partial charge is 0.401 e. The predicted molar refractivity (Wildman–Crippen MR) is 47.8 cm³/mol. The highest BCUT2D eigenvalue weighted by Gasteiger charge is 2.30. The van der Waals surface area contributed by atoms with E-state index in [1.165, 1.54) is 0 Å². The normalized spacial score (nSPS) is 14.8. The van der Waals surface area contributed by atoms with Crippen LogP contribution < -0.4 is 5.73 Å². The Morgan fingerprint density at radius 1 is 1.43 bits per heavy atom. The Hall–Kier alpha value is -0.330. The van der Waals surface area contributed by atoms with E-state index in [2.05, 4.69) is 0 Å². The van der Waals surface area contributed by atoms with Crippen LogP contribution in [0.15, 0.2) is 0 Å². The second-order valence-electron chi connectivity index (χ2n) is 3.41. The van der Waals surface area contributed by atoms with Crippen molar-refractivity contribution in [3.8, 4) is 0 Å². The van der Waals surface area contributed by atoms with Crippen LogP contribution in [0.2, 0.25) is 0 Å². The zero-order valence-electron chi connectivity index (χ0n) is 8.22. The molecule has 1 atom stereocenters. The minimum atomic E-state index is -4.22. The van der Waals surface area contributed by atoms with E-state index in [0.717, 1.165) is 4.90 Å². The molecule has 0 saturated carbocycles. The molecular weight excluding hydrogens is 197 g/mol. The molecule has 0 fully saturated rings. The van der Waals surface area contributed by atoms with Crippen molar-refractivity contribution in [3.63, 3.8) is 0 Å². The molecule has 0 aromatic heterocycles. The third-order valence-corrected chi connectivity index (χ3v) is 1.79. The first-order chi connectivity index (χ1) is 6.39. The SMILES string of the molecule is CC(CN)CN(CCO)CC(F)(F)F. The van der Waals surface area contributed by atoms with E-state index in [-0.39, 0.29) is 25.6 Å². The van der Waals surface area contributed by atoms with Crippen LogP contribution in [0.25, 0.3) is 0 Å². The highest BCUT2D eigenvalue weighted by molar-refractivity contribution is 4.66. The molecule has 3 nitrogen and oxygen atoms in total. The molecule has 6 heteroatoms. The summed E-state index contributed by atoms with van der Waals surface area (Å²) in [7, 11) is 0. The van der Waals surface area contributed by atoms with Crippen molar-refractivity contribution in [1.29, 1.82) is 0 Å². The van der Waals surface area contributed by atoms with Gasteiger partial charge in [-0.05, 0) is 12.5 Å². The van der Waals surface area contributed by atoms with Crippen molar-refractivity contribution in [2.75, 3.05) is 32.8 Å². The topological polar surface area (TPSA) is 49.5 Å². The van der Waals surface area contributed by atoms with Gasteiger partial charge < -0.3 is 10.8 Å². The molecule has 1 unspecified atom stereocenters. The molecule has 0 aromatic carbocycles. The van der Waals surface area contributed by atoms with E-state index in [9.17, 15) is 13.2 Å². The maximum atomic E-state index is 12.0. The second-order valence-corrected chi connectivity index (χ2v) is 3.41. The minimum absolute atomic E-state index is 0.00361. The summed E-state index contributed by atoms with van der Waals surface area (Å²) >= 11 is 0. The fraction of sp³-hybridized carbons (Fsp3) is 1.00. The molecule has 0 aliphatic rings. The van der Waals surface area contributed by atoms with Crippen LogP contribution >= 0.6 is 0 Å². The first-order valence-corrected chi connectivity index (χ1v) is 4.49. The summed E-state index contributed by atoms with van der Waals surface area (Å²) < 4.78 is 36.1. The number of rotatable bonds is 6. The number of nitrogens with two attached hydrogens (primary N) is 1. The number of hydrogen-bond acceptors (Lipinski definition) is 3. The van der Waals surface area contributed by atoms with Crippen molar-refractivity contribution in [2.45, 2.75) is 13.1 Å². The first-order valence-electron chi connectivity index (χ1n) is 4.49. The average Bonchev–Trinajstić information content (AvgIpc) is 2.01. The molecule has 0 aliphatic heterocycles. The summed E-state index contributed by atoms with van der Waals surface area (Å²) in [5.74, 6) is 0.00361. The van der Waals surface area contributed by atoms with Crippen LogP contribution in [-0.4, -0.2) is 49.0 Å². The van der Waals surface area contributed by atoms with Crippen LogP contribution in [0.1, 0.15) is 6.92 Å². The van der Waals surface area contributed by atoms with Gasteiger partial charge in [0.1, 0.15) is 0 Å². The van der Waals surface area contributed by atoms with E-state index in [1.54, 1.807) is 6.92 Å². The lowest BCUT2D eigenvalue weighted by molar-refractivity contribution is -0.147. The molecule has 14 heavy (non-hydrogen) atoms. The van der Waals surface area contributed by atoms with Gasteiger partial charge in [0.05, 0.1) is 13.2 Å². The van der Waals surface area contributed by atoms with Gasteiger partial charge in [-0.1, -0.05) is 6.92 Å². The van der Waals surface area contributed by atoms with Crippen LogP contribution in [0.5, 0.6) is 0 Å². The Bertz CT molecular complexity index is 152. The number of aliphatic hydroxyl groups excluding tert-OH is 1. The fourth-order valence-electron chi connectivity index (χ4n) is 1.15. The van der Waals surface area contributed by atoms with Gasteiger partial charge in [0.2, 0.25) is 0 Å². The van der Waals surface area contributed by atoms with Crippen molar-refractivity contribution in [2.24, 2.45) is 11.7 Å². The Morgan fingerprint density at radius 2 is 2.00 bits per heavy atom. The van der Waals surface area contributed by atoms with Gasteiger partial charge in [-0.3, -0.25) is 4.90 Å².